The lowest BCUT2D eigenvalue weighted by Crippen LogP contribution is -2.57. The average molecular weight is 522 g/mol. The minimum atomic E-state index is -0.644. The van der Waals surface area contributed by atoms with E-state index in [-0.39, 0.29) is 29.8 Å². The van der Waals surface area contributed by atoms with E-state index in [0.29, 0.717) is 19.4 Å². The molecule has 1 fully saturated rings. The van der Waals surface area contributed by atoms with Crippen LogP contribution in [0, 0.1) is 16.7 Å². The number of fused-ring (bicyclic) bond motifs is 2. The summed E-state index contributed by atoms with van der Waals surface area (Å²) in [6.07, 6.45) is 5.38. The Morgan fingerprint density at radius 1 is 1.24 bits per heavy atom. The van der Waals surface area contributed by atoms with Crippen molar-refractivity contribution in [2.24, 2.45) is 16.7 Å². The summed E-state index contributed by atoms with van der Waals surface area (Å²) < 4.78 is 5.44. The van der Waals surface area contributed by atoms with Crippen LogP contribution in [0.3, 0.4) is 0 Å². The SMILES string of the molecule is COc1ccccc1CNC(=O)C[C@@H]1c2nc(-c3cccnc3)sc2C[C@@H]2[C@](C)(CO)[C@H](O)CC[C@]21C. The van der Waals surface area contributed by atoms with E-state index in [9.17, 15) is 15.0 Å². The van der Waals surface area contributed by atoms with Crippen LogP contribution in [-0.2, 0) is 17.8 Å². The maximum Gasteiger partial charge on any atom is 0.220 e. The van der Waals surface area contributed by atoms with Crippen LogP contribution >= 0.6 is 11.3 Å². The maximum atomic E-state index is 13.4. The first-order chi connectivity index (χ1) is 17.8. The second kappa shape index (κ2) is 10.2. The molecular formula is C29H35N3O4S. The summed E-state index contributed by atoms with van der Waals surface area (Å²) in [5.74, 6) is 0.598. The molecule has 8 heteroatoms. The molecule has 2 aliphatic carbocycles. The Balaban J connectivity index is 1.48. The number of aliphatic hydroxyl groups is 2. The molecule has 37 heavy (non-hydrogen) atoms. The predicted molar refractivity (Wildman–Crippen MR) is 143 cm³/mol. The zero-order valence-electron chi connectivity index (χ0n) is 21.6. The second-order valence-electron chi connectivity index (χ2n) is 10.9. The lowest BCUT2D eigenvalue weighted by Gasteiger charge is -2.58. The number of methoxy groups -OCH3 is 1. The summed E-state index contributed by atoms with van der Waals surface area (Å²) in [6.45, 7) is 4.51. The van der Waals surface area contributed by atoms with Crippen molar-refractivity contribution in [3.05, 3.63) is 64.9 Å². The van der Waals surface area contributed by atoms with Crippen LogP contribution in [0.1, 0.15) is 55.2 Å². The summed E-state index contributed by atoms with van der Waals surface area (Å²) >= 11 is 1.64. The topological polar surface area (TPSA) is 105 Å². The lowest BCUT2D eigenvalue weighted by atomic mass is 9.47. The van der Waals surface area contributed by atoms with Gasteiger partial charge < -0.3 is 20.3 Å². The molecule has 1 amide bonds. The van der Waals surface area contributed by atoms with E-state index in [1.807, 2.05) is 49.5 Å². The molecule has 0 bridgehead atoms. The van der Waals surface area contributed by atoms with E-state index in [4.69, 9.17) is 9.72 Å². The molecular weight excluding hydrogens is 486 g/mol. The minimum absolute atomic E-state index is 0.0236. The third-order valence-electron chi connectivity index (χ3n) is 8.86. The molecule has 1 saturated carbocycles. The highest BCUT2D eigenvalue weighted by Crippen LogP contribution is 2.62. The maximum absolute atomic E-state index is 13.4. The van der Waals surface area contributed by atoms with Crippen LogP contribution < -0.4 is 10.1 Å². The fourth-order valence-corrected chi connectivity index (χ4v) is 7.72. The van der Waals surface area contributed by atoms with Gasteiger partial charge in [0, 0.05) is 52.7 Å². The van der Waals surface area contributed by atoms with Crippen molar-refractivity contribution in [1.29, 1.82) is 0 Å². The number of carbonyl (C=O) groups excluding carboxylic acids is 1. The van der Waals surface area contributed by atoms with Crippen molar-refractivity contribution in [3.8, 4) is 16.3 Å². The number of nitrogens with one attached hydrogen (secondary N) is 1. The number of aliphatic hydroxyl groups excluding tert-OH is 2. The second-order valence-corrected chi connectivity index (χ2v) is 12.0. The van der Waals surface area contributed by atoms with Crippen molar-refractivity contribution in [1.82, 2.24) is 15.3 Å². The third-order valence-corrected chi connectivity index (χ3v) is 10.0. The molecule has 0 spiro atoms. The molecule has 2 heterocycles. The van der Waals surface area contributed by atoms with Crippen LogP contribution in [0.4, 0.5) is 0 Å². The minimum Gasteiger partial charge on any atom is -0.496 e. The van der Waals surface area contributed by atoms with E-state index >= 15 is 0 Å². The Morgan fingerprint density at radius 2 is 2.05 bits per heavy atom. The van der Waals surface area contributed by atoms with Crippen LogP contribution in [-0.4, -0.2) is 45.9 Å². The Hall–Kier alpha value is -2.81. The van der Waals surface area contributed by atoms with Crippen molar-refractivity contribution in [2.45, 2.75) is 58.1 Å². The fourth-order valence-electron chi connectivity index (χ4n) is 6.56. The standard InChI is InChI=1S/C29H35N3O4S/c1-28-11-10-24(34)29(2,17-33)23(28)14-22-26(32-27(37-22)19-8-6-12-30-15-19)20(28)13-25(35)31-16-18-7-4-5-9-21(18)36-3/h4-9,12,15,20,23-24,33-34H,10-11,13-14,16-17H2,1-3H3,(H,31,35)/t20-,23+,24-,28+,29+/m1/s1. The predicted octanol–water partition coefficient (Wildman–Crippen LogP) is 4.34. The smallest absolute Gasteiger partial charge is 0.220 e. The Labute approximate surface area is 222 Å². The summed E-state index contributed by atoms with van der Waals surface area (Å²) in [5.41, 5.74) is 1.93. The number of carbonyl (C=O) groups is 1. The summed E-state index contributed by atoms with van der Waals surface area (Å²) in [5, 5.41) is 25.4. The molecule has 0 radical (unpaired) electrons. The average Bonchev–Trinajstić information content (AvgIpc) is 3.35. The highest BCUT2D eigenvalue weighted by Gasteiger charge is 2.59. The van der Waals surface area contributed by atoms with Gasteiger partial charge in [0.1, 0.15) is 10.8 Å². The van der Waals surface area contributed by atoms with Gasteiger partial charge in [-0.05, 0) is 48.8 Å². The molecule has 5 atom stereocenters. The van der Waals surface area contributed by atoms with Gasteiger partial charge in [0.05, 0.1) is 25.5 Å². The summed E-state index contributed by atoms with van der Waals surface area (Å²) in [4.78, 5) is 23.9. The van der Waals surface area contributed by atoms with Gasteiger partial charge >= 0.3 is 0 Å². The number of nitrogens with zero attached hydrogens (tertiary/aromatic N) is 2. The highest BCUT2D eigenvalue weighted by molar-refractivity contribution is 7.15. The number of aromatic nitrogens is 2. The molecule has 3 N–H and O–H groups in total. The van der Waals surface area contributed by atoms with E-state index in [2.05, 4.69) is 17.2 Å². The van der Waals surface area contributed by atoms with E-state index < -0.39 is 11.5 Å². The van der Waals surface area contributed by atoms with Gasteiger partial charge in [-0.2, -0.15) is 0 Å². The van der Waals surface area contributed by atoms with Crippen molar-refractivity contribution in [3.63, 3.8) is 0 Å². The van der Waals surface area contributed by atoms with Crippen molar-refractivity contribution < 1.29 is 19.7 Å². The fraction of sp³-hybridized carbons (Fsp3) is 0.483. The van der Waals surface area contributed by atoms with Gasteiger partial charge in [-0.25, -0.2) is 4.98 Å². The van der Waals surface area contributed by atoms with Gasteiger partial charge in [0.15, 0.2) is 0 Å². The van der Waals surface area contributed by atoms with Gasteiger partial charge in [0.25, 0.3) is 0 Å². The van der Waals surface area contributed by atoms with Crippen LogP contribution in [0.5, 0.6) is 5.75 Å². The summed E-state index contributed by atoms with van der Waals surface area (Å²) in [7, 11) is 1.63. The van der Waals surface area contributed by atoms with E-state index in [1.165, 1.54) is 0 Å². The third kappa shape index (κ3) is 4.56. The number of para-hydroxylation sites is 1. The Morgan fingerprint density at radius 3 is 2.78 bits per heavy atom. The zero-order chi connectivity index (χ0) is 26.2. The quantitative estimate of drug-likeness (QED) is 0.427. The number of amides is 1. The van der Waals surface area contributed by atoms with Gasteiger partial charge in [-0.3, -0.25) is 9.78 Å². The van der Waals surface area contributed by atoms with Crippen molar-refractivity contribution >= 4 is 17.2 Å². The molecule has 0 unspecified atom stereocenters. The monoisotopic (exact) mass is 521 g/mol. The molecule has 5 rings (SSSR count). The molecule has 0 saturated heterocycles. The summed E-state index contributed by atoms with van der Waals surface area (Å²) in [6, 6.07) is 11.6. The number of benzene rings is 1. The first kappa shape index (κ1) is 25.8. The molecule has 196 valence electrons. The highest BCUT2D eigenvalue weighted by atomic mass is 32.1. The largest absolute Gasteiger partial charge is 0.496 e. The lowest BCUT2D eigenvalue weighted by molar-refractivity contribution is -0.144. The number of rotatable bonds is 7. The first-order valence-corrected chi connectivity index (χ1v) is 13.7. The van der Waals surface area contributed by atoms with Crippen LogP contribution in [0.2, 0.25) is 0 Å². The molecule has 0 aliphatic heterocycles. The molecule has 2 aliphatic rings. The van der Waals surface area contributed by atoms with Crippen LogP contribution in [0.25, 0.3) is 10.6 Å². The van der Waals surface area contributed by atoms with E-state index in [0.717, 1.165) is 45.3 Å². The van der Waals surface area contributed by atoms with Gasteiger partial charge in [0.2, 0.25) is 5.91 Å². The first-order valence-electron chi connectivity index (χ1n) is 12.9. The number of hydrogen-bond donors (Lipinski definition) is 3. The zero-order valence-corrected chi connectivity index (χ0v) is 22.4. The van der Waals surface area contributed by atoms with Gasteiger partial charge in [-0.1, -0.05) is 32.0 Å². The molecule has 1 aromatic carbocycles. The van der Waals surface area contributed by atoms with Crippen molar-refractivity contribution in [2.75, 3.05) is 13.7 Å². The Kier molecular flexibility index (Phi) is 7.09. The van der Waals surface area contributed by atoms with Gasteiger partial charge in [-0.15, -0.1) is 11.3 Å². The normalized spacial score (nSPS) is 28.7. The number of thiazole rings is 1. The number of hydrogen-bond acceptors (Lipinski definition) is 7. The molecule has 2 aromatic heterocycles. The van der Waals surface area contributed by atoms with Crippen LogP contribution in [0.15, 0.2) is 48.8 Å². The number of ether oxygens (including phenoxy) is 1. The van der Waals surface area contributed by atoms with E-state index in [1.54, 1.807) is 24.6 Å². The Bertz CT molecular complexity index is 1270. The number of pyridine rings is 1. The molecule has 7 nitrogen and oxygen atoms in total. The molecule has 3 aromatic rings.